The maximum absolute atomic E-state index is 11.0. The molecular formula is C11H25NO2S2. The zero-order valence-electron chi connectivity index (χ0n) is 10.8. The Bertz CT molecular complexity index is 265. The minimum absolute atomic E-state index is 0.289. The molecule has 0 bridgehead atoms. The smallest absolute Gasteiger partial charge is 0.148 e. The summed E-state index contributed by atoms with van der Waals surface area (Å²) >= 11 is 1.73. The summed E-state index contributed by atoms with van der Waals surface area (Å²) in [7, 11) is -2.80. The van der Waals surface area contributed by atoms with Crippen LogP contribution in [0.15, 0.2) is 0 Å². The fourth-order valence-electron chi connectivity index (χ4n) is 1.39. The van der Waals surface area contributed by atoms with E-state index in [1.165, 1.54) is 6.26 Å². The quantitative estimate of drug-likeness (QED) is 0.647. The molecule has 0 amide bonds. The van der Waals surface area contributed by atoms with Crippen molar-refractivity contribution in [3.8, 4) is 0 Å². The predicted molar refractivity (Wildman–Crippen MR) is 74.0 cm³/mol. The molecule has 98 valence electrons. The maximum Gasteiger partial charge on any atom is 0.148 e. The zero-order chi connectivity index (χ0) is 12.6. The Balaban J connectivity index is 3.85. The van der Waals surface area contributed by atoms with Gasteiger partial charge in [0, 0.05) is 23.8 Å². The summed E-state index contributed by atoms with van der Waals surface area (Å²) in [4.78, 5) is 0. The maximum atomic E-state index is 11.0. The summed E-state index contributed by atoms with van der Waals surface area (Å²) in [6, 6.07) is 0.500. The lowest BCUT2D eigenvalue weighted by Crippen LogP contribution is -2.37. The highest BCUT2D eigenvalue weighted by molar-refractivity contribution is 8.00. The van der Waals surface area contributed by atoms with Crippen molar-refractivity contribution in [2.45, 2.75) is 33.2 Å². The van der Waals surface area contributed by atoms with E-state index in [0.717, 1.165) is 18.7 Å². The molecular weight excluding hydrogens is 242 g/mol. The average molecular weight is 267 g/mol. The highest BCUT2D eigenvalue weighted by Gasteiger charge is 2.14. The van der Waals surface area contributed by atoms with Crippen molar-refractivity contribution in [1.82, 2.24) is 5.32 Å². The first-order valence-electron chi connectivity index (χ1n) is 5.89. The van der Waals surface area contributed by atoms with Crippen LogP contribution in [0.2, 0.25) is 0 Å². The summed E-state index contributed by atoms with van der Waals surface area (Å²) in [5.74, 6) is 2.64. The minimum Gasteiger partial charge on any atom is -0.313 e. The van der Waals surface area contributed by atoms with Crippen LogP contribution in [0.1, 0.15) is 27.2 Å². The van der Waals surface area contributed by atoms with E-state index in [-0.39, 0.29) is 5.75 Å². The van der Waals surface area contributed by atoms with E-state index in [4.69, 9.17) is 0 Å². The van der Waals surface area contributed by atoms with Gasteiger partial charge in [-0.1, -0.05) is 27.2 Å². The lowest BCUT2D eigenvalue weighted by atomic mass is 10.0. The largest absolute Gasteiger partial charge is 0.313 e. The first-order valence-corrected chi connectivity index (χ1v) is 9.11. The van der Waals surface area contributed by atoms with Gasteiger partial charge in [0.1, 0.15) is 9.84 Å². The van der Waals surface area contributed by atoms with Gasteiger partial charge in [-0.3, -0.25) is 0 Å². The molecule has 0 radical (unpaired) electrons. The highest BCUT2D eigenvalue weighted by atomic mass is 32.2. The molecule has 0 rings (SSSR count). The van der Waals surface area contributed by atoms with Crippen LogP contribution < -0.4 is 5.32 Å². The molecule has 0 aliphatic heterocycles. The van der Waals surface area contributed by atoms with Crippen LogP contribution in [-0.4, -0.2) is 44.5 Å². The zero-order valence-corrected chi connectivity index (χ0v) is 12.5. The molecule has 0 saturated carbocycles. The van der Waals surface area contributed by atoms with Crippen molar-refractivity contribution in [2.75, 3.05) is 30.1 Å². The molecule has 1 N–H and O–H groups in total. The van der Waals surface area contributed by atoms with Gasteiger partial charge in [-0.15, -0.1) is 0 Å². The van der Waals surface area contributed by atoms with E-state index < -0.39 is 9.84 Å². The van der Waals surface area contributed by atoms with Crippen molar-refractivity contribution in [3.05, 3.63) is 0 Å². The van der Waals surface area contributed by atoms with Crippen LogP contribution in [0, 0.1) is 5.92 Å². The number of nitrogens with one attached hydrogen (secondary N) is 1. The third kappa shape index (κ3) is 8.42. The fraction of sp³-hybridized carbons (Fsp3) is 1.00. The van der Waals surface area contributed by atoms with Gasteiger partial charge in [0.2, 0.25) is 0 Å². The van der Waals surface area contributed by atoms with Crippen molar-refractivity contribution < 1.29 is 8.42 Å². The van der Waals surface area contributed by atoms with E-state index in [2.05, 4.69) is 26.1 Å². The lowest BCUT2D eigenvalue weighted by molar-refractivity contribution is 0.404. The number of thioether (sulfide) groups is 1. The van der Waals surface area contributed by atoms with E-state index in [1.54, 1.807) is 11.8 Å². The predicted octanol–water partition coefficient (Wildman–Crippen LogP) is 1.79. The molecule has 0 aromatic heterocycles. The monoisotopic (exact) mass is 267 g/mol. The molecule has 5 heteroatoms. The van der Waals surface area contributed by atoms with E-state index in [0.29, 0.717) is 17.7 Å². The normalized spacial score (nSPS) is 16.0. The van der Waals surface area contributed by atoms with Crippen molar-refractivity contribution in [3.63, 3.8) is 0 Å². The molecule has 0 saturated heterocycles. The second-order valence-corrected chi connectivity index (χ2v) is 7.66. The molecule has 16 heavy (non-hydrogen) atoms. The van der Waals surface area contributed by atoms with Crippen molar-refractivity contribution in [2.24, 2.45) is 5.92 Å². The van der Waals surface area contributed by atoms with Crippen LogP contribution in [0.3, 0.4) is 0 Å². The van der Waals surface area contributed by atoms with Crippen LogP contribution in [0.5, 0.6) is 0 Å². The number of rotatable bonds is 9. The van der Waals surface area contributed by atoms with E-state index >= 15 is 0 Å². The molecule has 2 atom stereocenters. The Morgan fingerprint density at radius 1 is 1.31 bits per heavy atom. The molecule has 3 nitrogen and oxygen atoms in total. The van der Waals surface area contributed by atoms with Gasteiger partial charge in [-0.2, -0.15) is 11.8 Å². The van der Waals surface area contributed by atoms with E-state index in [1.807, 2.05) is 0 Å². The first-order chi connectivity index (χ1) is 7.40. The fourth-order valence-corrected chi connectivity index (χ4v) is 3.94. The molecule has 0 fully saturated rings. The third-order valence-corrected chi connectivity index (χ3v) is 4.98. The second-order valence-electron chi connectivity index (χ2n) is 4.25. The standard InChI is InChI=1S/C11H25NO2S2/c1-5-10(3)11(12-6-2)9-15-7-8-16(4,13)14/h10-12H,5-9H2,1-4H3. The summed E-state index contributed by atoms with van der Waals surface area (Å²) in [6.45, 7) is 7.51. The van der Waals surface area contributed by atoms with Gasteiger partial charge in [0.05, 0.1) is 5.75 Å². The number of hydrogen-bond donors (Lipinski definition) is 1. The Morgan fingerprint density at radius 3 is 2.38 bits per heavy atom. The Labute approximate surface area is 105 Å². The Morgan fingerprint density at radius 2 is 1.94 bits per heavy atom. The molecule has 0 aromatic carbocycles. The SMILES string of the molecule is CCNC(CSCCS(C)(=O)=O)C(C)CC. The summed E-state index contributed by atoms with van der Waals surface area (Å²) < 4.78 is 21.9. The molecule has 0 heterocycles. The Kier molecular flexibility index (Phi) is 8.50. The summed E-state index contributed by atoms with van der Waals surface area (Å²) in [5.41, 5.74) is 0. The van der Waals surface area contributed by atoms with Gasteiger partial charge in [0.25, 0.3) is 0 Å². The van der Waals surface area contributed by atoms with Crippen LogP contribution in [0.25, 0.3) is 0 Å². The van der Waals surface area contributed by atoms with Gasteiger partial charge >= 0.3 is 0 Å². The van der Waals surface area contributed by atoms with Crippen molar-refractivity contribution >= 4 is 21.6 Å². The summed E-state index contributed by atoms with van der Waals surface area (Å²) in [5, 5.41) is 3.46. The molecule has 0 aliphatic carbocycles. The Hall–Kier alpha value is 0.260. The van der Waals surface area contributed by atoms with Gasteiger partial charge < -0.3 is 5.32 Å². The number of sulfone groups is 1. The van der Waals surface area contributed by atoms with Gasteiger partial charge in [-0.25, -0.2) is 8.42 Å². The molecule has 0 aliphatic rings. The van der Waals surface area contributed by atoms with Gasteiger partial charge in [0.15, 0.2) is 0 Å². The molecule has 0 spiro atoms. The third-order valence-electron chi connectivity index (χ3n) is 2.69. The molecule has 2 unspecified atom stereocenters. The van der Waals surface area contributed by atoms with Crippen LogP contribution in [0.4, 0.5) is 0 Å². The summed E-state index contributed by atoms with van der Waals surface area (Å²) in [6.07, 6.45) is 2.45. The van der Waals surface area contributed by atoms with Crippen molar-refractivity contribution in [1.29, 1.82) is 0 Å². The second kappa shape index (κ2) is 8.37. The van der Waals surface area contributed by atoms with Gasteiger partial charge in [-0.05, 0) is 12.5 Å². The minimum atomic E-state index is -2.80. The highest BCUT2D eigenvalue weighted by Crippen LogP contribution is 2.13. The van der Waals surface area contributed by atoms with Crippen LogP contribution >= 0.6 is 11.8 Å². The topological polar surface area (TPSA) is 46.2 Å². The first kappa shape index (κ1) is 16.3. The van der Waals surface area contributed by atoms with Crippen LogP contribution in [-0.2, 0) is 9.84 Å². The average Bonchev–Trinajstić information content (AvgIpc) is 2.20. The van der Waals surface area contributed by atoms with E-state index in [9.17, 15) is 8.42 Å². The lowest BCUT2D eigenvalue weighted by Gasteiger charge is -2.23. The number of hydrogen-bond acceptors (Lipinski definition) is 4. The molecule has 0 aromatic rings.